The minimum atomic E-state index is -0.731. The number of aryl methyl sites for hydroxylation is 2. The van der Waals surface area contributed by atoms with E-state index in [9.17, 15) is 9.90 Å². The topological polar surface area (TPSA) is 89.3 Å². The van der Waals surface area contributed by atoms with Gasteiger partial charge in [-0.15, -0.1) is 15.0 Å². The Morgan fingerprint density at radius 1 is 1.06 bits per heavy atom. The lowest BCUT2D eigenvalue weighted by atomic mass is 10.1. The highest BCUT2D eigenvalue weighted by Crippen LogP contribution is 2.27. The molecule has 3 aromatic carbocycles. The zero-order chi connectivity index (χ0) is 22.8. The number of hydrogen-bond acceptors (Lipinski definition) is 5. The van der Waals surface area contributed by atoms with Crippen molar-refractivity contribution in [3.8, 4) is 11.4 Å². The molecule has 168 valence electrons. The molecule has 7 nitrogen and oxygen atoms in total. The summed E-state index contributed by atoms with van der Waals surface area (Å²) in [4.78, 5) is 14.4. The number of rotatable bonds is 7. The van der Waals surface area contributed by atoms with Crippen LogP contribution in [0.1, 0.15) is 30.0 Å². The summed E-state index contributed by atoms with van der Waals surface area (Å²) in [7, 11) is 0. The van der Waals surface area contributed by atoms with Crippen LogP contribution in [0.15, 0.2) is 60.7 Å². The number of benzene rings is 3. The van der Waals surface area contributed by atoms with Crippen molar-refractivity contribution in [1.82, 2.24) is 15.0 Å². The third-order valence-electron chi connectivity index (χ3n) is 5.96. The van der Waals surface area contributed by atoms with Crippen molar-refractivity contribution in [2.24, 2.45) is 0 Å². The van der Waals surface area contributed by atoms with E-state index in [1.54, 1.807) is 13.0 Å². The highest BCUT2D eigenvalue weighted by atomic mass is 16.5. The van der Waals surface area contributed by atoms with Gasteiger partial charge in [-0.1, -0.05) is 24.3 Å². The Balaban J connectivity index is 1.39. The van der Waals surface area contributed by atoms with Crippen molar-refractivity contribution in [3.05, 3.63) is 77.4 Å². The van der Waals surface area contributed by atoms with Crippen LogP contribution in [-0.4, -0.2) is 38.7 Å². The second-order valence-corrected chi connectivity index (χ2v) is 8.34. The smallest absolute Gasteiger partial charge is 0.265 e. The quantitative estimate of drug-likeness (QED) is 0.454. The van der Waals surface area contributed by atoms with Crippen molar-refractivity contribution in [1.29, 1.82) is 0 Å². The fourth-order valence-corrected chi connectivity index (χ4v) is 4.21. The van der Waals surface area contributed by atoms with Crippen LogP contribution in [-0.2, 0) is 24.1 Å². The predicted octanol–water partition coefficient (Wildman–Crippen LogP) is 3.85. The molecule has 0 saturated carbocycles. The summed E-state index contributed by atoms with van der Waals surface area (Å²) in [5.74, 6) is 0.269. The number of carbonyl (C=O) groups is 1. The molecule has 0 unspecified atom stereocenters. The molecular formula is C26H26N4O3. The van der Waals surface area contributed by atoms with Crippen LogP contribution in [0.25, 0.3) is 16.7 Å². The number of aromatic nitrogens is 3. The molecule has 0 bridgehead atoms. The first-order valence-corrected chi connectivity index (χ1v) is 11.3. The van der Waals surface area contributed by atoms with Gasteiger partial charge in [-0.05, 0) is 85.7 Å². The average molecular weight is 443 g/mol. The van der Waals surface area contributed by atoms with Crippen LogP contribution in [0.3, 0.4) is 0 Å². The van der Waals surface area contributed by atoms with E-state index in [4.69, 9.17) is 4.74 Å². The van der Waals surface area contributed by atoms with E-state index in [1.807, 2.05) is 42.5 Å². The van der Waals surface area contributed by atoms with Gasteiger partial charge >= 0.3 is 0 Å². The largest absolute Gasteiger partial charge is 0.479 e. The molecule has 0 fully saturated rings. The Hall–Kier alpha value is -3.71. The maximum atomic E-state index is 12.9. The Kier molecular flexibility index (Phi) is 5.79. The Labute approximate surface area is 192 Å². The zero-order valence-electron chi connectivity index (χ0n) is 18.5. The van der Waals surface area contributed by atoms with Crippen LogP contribution >= 0.6 is 0 Å². The van der Waals surface area contributed by atoms with E-state index in [-0.39, 0.29) is 12.5 Å². The molecule has 5 rings (SSSR count). The monoisotopic (exact) mass is 442 g/mol. The summed E-state index contributed by atoms with van der Waals surface area (Å²) < 4.78 is 6.08. The fourth-order valence-electron chi connectivity index (χ4n) is 4.21. The van der Waals surface area contributed by atoms with E-state index in [0.717, 1.165) is 41.5 Å². The average Bonchev–Trinajstić information content (AvgIpc) is 3.46. The third kappa shape index (κ3) is 4.45. The van der Waals surface area contributed by atoms with Gasteiger partial charge in [0.2, 0.25) is 0 Å². The summed E-state index contributed by atoms with van der Waals surface area (Å²) in [6.07, 6.45) is 3.10. The van der Waals surface area contributed by atoms with Crippen molar-refractivity contribution in [2.45, 2.75) is 38.7 Å². The fraction of sp³-hybridized carbons (Fsp3) is 0.269. The number of ether oxygens (including phenoxy) is 1. The van der Waals surface area contributed by atoms with Crippen LogP contribution in [0.5, 0.6) is 5.75 Å². The standard InChI is InChI=1S/C26H26N4O3/c1-17(26(32)27-21-11-10-19-5-4-6-20(19)16-21)33-25-12-9-18(13-14-31)15-24(25)30-28-22-7-2-3-8-23(22)29-30/h2-3,7-12,15-17,31H,4-6,13-14H2,1H3,(H,27,32)/t17-/m1/s1. The number of aliphatic hydroxyl groups excluding tert-OH is 1. The number of nitrogens with one attached hydrogen (secondary N) is 1. The van der Waals surface area contributed by atoms with Gasteiger partial charge in [0.15, 0.2) is 6.10 Å². The molecule has 2 N–H and O–H groups in total. The number of hydrogen-bond donors (Lipinski definition) is 2. The van der Waals surface area contributed by atoms with Crippen molar-refractivity contribution >= 4 is 22.6 Å². The van der Waals surface area contributed by atoms with Gasteiger partial charge in [0.05, 0.1) is 0 Å². The van der Waals surface area contributed by atoms with Crippen molar-refractivity contribution < 1.29 is 14.6 Å². The molecule has 33 heavy (non-hydrogen) atoms. The van der Waals surface area contributed by atoms with Crippen LogP contribution < -0.4 is 10.1 Å². The lowest BCUT2D eigenvalue weighted by molar-refractivity contribution is -0.122. The van der Waals surface area contributed by atoms with Crippen LogP contribution in [0, 0.1) is 0 Å². The first-order valence-electron chi connectivity index (χ1n) is 11.3. The summed E-state index contributed by atoms with van der Waals surface area (Å²) in [6.45, 7) is 1.76. The first-order chi connectivity index (χ1) is 16.1. The minimum absolute atomic E-state index is 0.0355. The van der Waals surface area contributed by atoms with Crippen molar-refractivity contribution in [2.75, 3.05) is 11.9 Å². The number of anilines is 1. The number of carbonyl (C=O) groups excluding carboxylic acids is 1. The van der Waals surface area contributed by atoms with Gasteiger partial charge < -0.3 is 15.2 Å². The molecule has 1 heterocycles. The minimum Gasteiger partial charge on any atom is -0.479 e. The lowest BCUT2D eigenvalue weighted by Gasteiger charge is -2.18. The van der Waals surface area contributed by atoms with E-state index in [0.29, 0.717) is 17.9 Å². The SMILES string of the molecule is C[C@@H](Oc1ccc(CCO)cc1-n1nc2ccccc2n1)C(=O)Nc1ccc2c(c1)CCC2. The number of aliphatic hydroxyl groups is 1. The van der Waals surface area contributed by atoms with Crippen LogP contribution in [0.2, 0.25) is 0 Å². The van der Waals surface area contributed by atoms with Gasteiger partial charge in [0.25, 0.3) is 5.91 Å². The second-order valence-electron chi connectivity index (χ2n) is 8.34. The Morgan fingerprint density at radius 2 is 1.82 bits per heavy atom. The molecule has 1 aromatic heterocycles. The molecule has 1 atom stereocenters. The van der Waals surface area contributed by atoms with Gasteiger partial charge in [0, 0.05) is 12.3 Å². The molecule has 4 aromatic rings. The van der Waals surface area contributed by atoms with Gasteiger partial charge in [-0.25, -0.2) is 0 Å². The lowest BCUT2D eigenvalue weighted by Crippen LogP contribution is -2.30. The maximum Gasteiger partial charge on any atom is 0.265 e. The van der Waals surface area contributed by atoms with Gasteiger partial charge in [0.1, 0.15) is 22.5 Å². The third-order valence-corrected chi connectivity index (χ3v) is 5.96. The van der Waals surface area contributed by atoms with Gasteiger partial charge in [-0.2, -0.15) is 0 Å². The number of nitrogens with zero attached hydrogens (tertiary/aromatic N) is 3. The molecule has 0 radical (unpaired) electrons. The molecule has 1 aliphatic carbocycles. The highest BCUT2D eigenvalue weighted by molar-refractivity contribution is 5.94. The van der Waals surface area contributed by atoms with E-state index >= 15 is 0 Å². The normalized spacial score (nSPS) is 13.6. The predicted molar refractivity (Wildman–Crippen MR) is 127 cm³/mol. The van der Waals surface area contributed by atoms with E-state index < -0.39 is 6.10 Å². The Morgan fingerprint density at radius 3 is 2.58 bits per heavy atom. The van der Waals surface area contributed by atoms with Gasteiger partial charge in [-0.3, -0.25) is 4.79 Å². The summed E-state index contributed by atoms with van der Waals surface area (Å²) in [6, 6.07) is 19.3. The summed E-state index contributed by atoms with van der Waals surface area (Å²) >= 11 is 0. The molecule has 1 aliphatic rings. The van der Waals surface area contributed by atoms with Crippen LogP contribution in [0.4, 0.5) is 5.69 Å². The zero-order valence-corrected chi connectivity index (χ0v) is 18.5. The molecule has 0 spiro atoms. The number of fused-ring (bicyclic) bond motifs is 2. The molecule has 1 amide bonds. The molecule has 0 saturated heterocycles. The number of amides is 1. The highest BCUT2D eigenvalue weighted by Gasteiger charge is 2.20. The molecule has 7 heteroatoms. The molecule has 0 aliphatic heterocycles. The maximum absolute atomic E-state index is 12.9. The summed E-state index contributed by atoms with van der Waals surface area (Å²) in [5, 5.41) is 21.4. The van der Waals surface area contributed by atoms with Crippen molar-refractivity contribution in [3.63, 3.8) is 0 Å². The van der Waals surface area contributed by atoms with E-state index in [1.165, 1.54) is 15.9 Å². The molecular weight excluding hydrogens is 416 g/mol. The second kappa shape index (κ2) is 9.03. The van der Waals surface area contributed by atoms with E-state index in [2.05, 4.69) is 27.6 Å². The Bertz CT molecular complexity index is 1280. The first kappa shape index (κ1) is 21.2. The summed E-state index contributed by atoms with van der Waals surface area (Å²) in [5.41, 5.74) is 6.53.